The molecule has 2 N–H and O–H groups in total. The second-order valence-corrected chi connectivity index (χ2v) is 5.95. The second-order valence-electron chi connectivity index (χ2n) is 5.95. The summed E-state index contributed by atoms with van der Waals surface area (Å²) in [6.45, 7) is 0. The number of hydrogen-bond donors (Lipinski definition) is 2. The van der Waals surface area contributed by atoms with Crippen LogP contribution in [0.2, 0.25) is 0 Å². The number of carbonyl (C=O) groups excluding carboxylic acids is 1. The number of hydrogen-bond acceptors (Lipinski definition) is 6. The third-order valence-corrected chi connectivity index (χ3v) is 4.30. The number of nitrogens with zero attached hydrogens (tertiary/aromatic N) is 4. The number of amides is 1. The molecular formula is C20H13N6O3. The van der Waals surface area contributed by atoms with Gasteiger partial charge in [-0.05, 0) is 36.4 Å². The van der Waals surface area contributed by atoms with E-state index >= 15 is 0 Å². The van der Waals surface area contributed by atoms with Gasteiger partial charge in [0.05, 0.1) is 24.4 Å². The molecule has 1 radical (unpaired) electrons. The van der Waals surface area contributed by atoms with Crippen LogP contribution in [0.3, 0.4) is 0 Å². The lowest BCUT2D eigenvalue weighted by atomic mass is 10.1. The number of aromatic nitrogens is 4. The fourth-order valence-corrected chi connectivity index (χ4v) is 2.98. The Labute approximate surface area is 164 Å². The van der Waals surface area contributed by atoms with Gasteiger partial charge in [0.2, 0.25) is 0 Å². The number of imidazole rings is 1. The Morgan fingerprint density at radius 3 is 2.59 bits per heavy atom. The van der Waals surface area contributed by atoms with E-state index in [1.165, 1.54) is 11.7 Å². The molecule has 0 atom stereocenters. The number of anilines is 1. The van der Waals surface area contributed by atoms with E-state index in [2.05, 4.69) is 20.3 Å². The van der Waals surface area contributed by atoms with Crippen molar-refractivity contribution in [3.8, 4) is 28.9 Å². The van der Waals surface area contributed by atoms with Crippen molar-refractivity contribution < 1.29 is 9.53 Å². The summed E-state index contributed by atoms with van der Waals surface area (Å²) in [6, 6.07) is 15.7. The maximum atomic E-state index is 12.7. The Bertz CT molecular complexity index is 1320. The number of nitriles is 1. The van der Waals surface area contributed by atoms with Gasteiger partial charge >= 0.3 is 12.1 Å². The summed E-state index contributed by atoms with van der Waals surface area (Å²) in [4.78, 5) is 35.2. The van der Waals surface area contributed by atoms with Gasteiger partial charge in [0.1, 0.15) is 11.3 Å². The van der Waals surface area contributed by atoms with E-state index in [1.54, 1.807) is 54.9 Å². The number of ether oxygens (including phenoxy) is 1. The molecule has 0 aliphatic heterocycles. The molecule has 2 aromatic heterocycles. The van der Waals surface area contributed by atoms with Gasteiger partial charge in [-0.3, -0.25) is 4.79 Å². The lowest BCUT2D eigenvalue weighted by Gasteiger charge is -2.10. The number of H-pyrrole nitrogens is 1. The third kappa shape index (κ3) is 3.08. The van der Waals surface area contributed by atoms with Gasteiger partial charge in [-0.2, -0.15) is 5.26 Å². The minimum absolute atomic E-state index is 0.107. The van der Waals surface area contributed by atoms with E-state index in [1.807, 2.05) is 6.07 Å². The molecule has 9 heteroatoms. The van der Waals surface area contributed by atoms with Gasteiger partial charge in [-0.25, -0.2) is 19.3 Å². The average Bonchev–Trinajstić information content (AvgIpc) is 3.09. The molecule has 4 aromatic rings. The third-order valence-electron chi connectivity index (χ3n) is 4.30. The molecule has 1 amide bonds. The van der Waals surface area contributed by atoms with Crippen LogP contribution in [0.1, 0.15) is 5.56 Å². The predicted octanol–water partition coefficient (Wildman–Crippen LogP) is 2.14. The van der Waals surface area contributed by atoms with E-state index in [0.717, 1.165) is 0 Å². The molecule has 29 heavy (non-hydrogen) atoms. The van der Waals surface area contributed by atoms with E-state index in [0.29, 0.717) is 22.6 Å². The molecule has 141 valence electrons. The van der Waals surface area contributed by atoms with Crippen molar-refractivity contribution in [3.63, 3.8) is 0 Å². The summed E-state index contributed by atoms with van der Waals surface area (Å²) in [6.07, 6.45) is 1.57. The quantitative estimate of drug-likeness (QED) is 0.507. The molecule has 0 saturated heterocycles. The van der Waals surface area contributed by atoms with Crippen LogP contribution in [0, 0.1) is 11.3 Å². The molecule has 0 aliphatic carbocycles. The maximum absolute atomic E-state index is 12.7. The predicted molar refractivity (Wildman–Crippen MR) is 106 cm³/mol. The topological polar surface area (TPSA) is 126 Å². The van der Waals surface area contributed by atoms with Gasteiger partial charge in [-0.15, -0.1) is 0 Å². The molecule has 0 saturated carbocycles. The van der Waals surface area contributed by atoms with Gasteiger partial charge in [-0.1, -0.05) is 12.1 Å². The standard InChI is InChI=1S/C20H13N6O3/c1-29-15-5-3-2-4-14(15)26-19-16(23-20(26)28)18(22-11-27)24-17(25-19)13-8-6-12(10-21)7-9-13/h2-9H,1H3,(H,23,28)(H,22,24,25,27). The van der Waals surface area contributed by atoms with Gasteiger partial charge in [0.25, 0.3) is 0 Å². The first-order valence-electron chi connectivity index (χ1n) is 8.46. The number of nitrogens with one attached hydrogen (secondary N) is 2. The Kier molecular flexibility index (Phi) is 4.50. The molecule has 2 heterocycles. The van der Waals surface area contributed by atoms with Crippen molar-refractivity contribution in [3.05, 3.63) is 64.6 Å². The summed E-state index contributed by atoms with van der Waals surface area (Å²) in [5.74, 6) is 0.850. The van der Waals surface area contributed by atoms with Gasteiger partial charge in [0, 0.05) is 5.56 Å². The van der Waals surface area contributed by atoms with Crippen LogP contribution < -0.4 is 15.7 Å². The first-order valence-corrected chi connectivity index (χ1v) is 8.46. The largest absolute Gasteiger partial charge is 0.495 e. The number of methoxy groups -OCH3 is 1. The van der Waals surface area contributed by atoms with Crippen LogP contribution in [0.15, 0.2) is 53.3 Å². The summed E-state index contributed by atoms with van der Waals surface area (Å²) < 4.78 is 6.71. The van der Waals surface area contributed by atoms with Crippen LogP contribution >= 0.6 is 0 Å². The number of benzene rings is 2. The Morgan fingerprint density at radius 1 is 1.14 bits per heavy atom. The fourth-order valence-electron chi connectivity index (χ4n) is 2.98. The number of fused-ring (bicyclic) bond motifs is 1. The molecule has 0 aliphatic rings. The normalized spacial score (nSPS) is 10.5. The Hall–Kier alpha value is -4.45. The summed E-state index contributed by atoms with van der Waals surface area (Å²) in [7, 11) is 1.50. The Balaban J connectivity index is 2.02. The number of rotatable bonds is 5. The zero-order valence-corrected chi connectivity index (χ0v) is 15.1. The van der Waals surface area contributed by atoms with Crippen LogP contribution in [-0.2, 0) is 4.79 Å². The monoisotopic (exact) mass is 385 g/mol. The molecule has 2 aromatic carbocycles. The van der Waals surface area contributed by atoms with Crippen LogP contribution in [-0.4, -0.2) is 33.0 Å². The Morgan fingerprint density at radius 2 is 1.90 bits per heavy atom. The molecule has 0 bridgehead atoms. The van der Waals surface area contributed by atoms with Crippen molar-refractivity contribution in [1.29, 1.82) is 5.26 Å². The second kappa shape index (κ2) is 7.28. The highest BCUT2D eigenvalue weighted by atomic mass is 16.5. The molecule has 0 spiro atoms. The summed E-state index contributed by atoms with van der Waals surface area (Å²) in [5.41, 5.74) is 1.62. The van der Waals surface area contributed by atoms with E-state index in [-0.39, 0.29) is 22.8 Å². The summed E-state index contributed by atoms with van der Waals surface area (Å²) >= 11 is 0. The molecular weight excluding hydrogens is 372 g/mol. The van der Waals surface area contributed by atoms with Crippen LogP contribution in [0.5, 0.6) is 5.75 Å². The van der Waals surface area contributed by atoms with E-state index in [4.69, 9.17) is 10.00 Å². The van der Waals surface area contributed by atoms with Crippen molar-refractivity contribution in [2.45, 2.75) is 0 Å². The maximum Gasteiger partial charge on any atom is 0.332 e. The first-order chi connectivity index (χ1) is 14.2. The smallest absolute Gasteiger partial charge is 0.332 e. The highest BCUT2D eigenvalue weighted by molar-refractivity contribution is 5.91. The number of para-hydroxylation sites is 2. The minimum atomic E-state index is -0.468. The van der Waals surface area contributed by atoms with Crippen molar-refractivity contribution in [2.24, 2.45) is 0 Å². The molecule has 0 fully saturated rings. The lowest BCUT2D eigenvalue weighted by Crippen LogP contribution is -2.15. The van der Waals surface area contributed by atoms with E-state index in [9.17, 15) is 9.59 Å². The zero-order chi connectivity index (χ0) is 20.4. The SMILES string of the molecule is COc1ccccc1-n1c(=O)[nH]c2c(N[C]=O)nc(-c3ccc(C#N)cc3)nc21. The first kappa shape index (κ1) is 17.9. The van der Waals surface area contributed by atoms with Crippen LogP contribution in [0.25, 0.3) is 28.2 Å². The average molecular weight is 385 g/mol. The highest BCUT2D eigenvalue weighted by Gasteiger charge is 2.19. The summed E-state index contributed by atoms with van der Waals surface area (Å²) in [5, 5.41) is 11.4. The van der Waals surface area contributed by atoms with Crippen molar-refractivity contribution in [2.75, 3.05) is 12.4 Å². The fraction of sp³-hybridized carbons (Fsp3) is 0.0500. The minimum Gasteiger partial charge on any atom is -0.495 e. The molecule has 4 rings (SSSR count). The molecule has 9 nitrogen and oxygen atoms in total. The van der Waals surface area contributed by atoms with Crippen molar-refractivity contribution in [1.82, 2.24) is 19.5 Å². The highest BCUT2D eigenvalue weighted by Crippen LogP contribution is 2.27. The van der Waals surface area contributed by atoms with E-state index < -0.39 is 5.69 Å². The lowest BCUT2D eigenvalue weighted by molar-refractivity contribution is 0.413. The zero-order valence-electron chi connectivity index (χ0n) is 15.1. The number of aromatic amines is 1. The van der Waals surface area contributed by atoms with Crippen LogP contribution in [0.4, 0.5) is 5.82 Å². The van der Waals surface area contributed by atoms with Gasteiger partial charge in [0.15, 0.2) is 17.3 Å². The molecule has 0 unspecified atom stereocenters. The van der Waals surface area contributed by atoms with Crippen molar-refractivity contribution >= 4 is 23.4 Å². The van der Waals surface area contributed by atoms with Gasteiger partial charge < -0.3 is 15.0 Å².